The van der Waals surface area contributed by atoms with Crippen LogP contribution >= 0.6 is 24.0 Å². The van der Waals surface area contributed by atoms with E-state index in [0.29, 0.717) is 0 Å². The van der Waals surface area contributed by atoms with Gasteiger partial charge in [-0.2, -0.15) is 0 Å². The monoisotopic (exact) mass is 484 g/mol. The summed E-state index contributed by atoms with van der Waals surface area (Å²) in [6, 6.07) is 8.66. The number of nitrogens with one attached hydrogen (secondary N) is 2. The summed E-state index contributed by atoms with van der Waals surface area (Å²) in [4.78, 5) is 11.1. The Balaban J connectivity index is 0.00000364. The van der Waals surface area contributed by atoms with Crippen LogP contribution in [0, 0.1) is 6.92 Å². The molecule has 0 bridgehead atoms. The maximum atomic E-state index is 4.66. The van der Waals surface area contributed by atoms with Gasteiger partial charge in [-0.3, -0.25) is 4.99 Å². The van der Waals surface area contributed by atoms with Gasteiger partial charge in [-0.25, -0.2) is 4.98 Å². The van der Waals surface area contributed by atoms with Crippen molar-refractivity contribution in [3.8, 4) is 0 Å². The van der Waals surface area contributed by atoms with Gasteiger partial charge in [-0.05, 0) is 44.9 Å². The zero-order chi connectivity index (χ0) is 18.6. The van der Waals surface area contributed by atoms with Crippen molar-refractivity contribution in [2.24, 2.45) is 4.99 Å². The largest absolute Gasteiger partial charge is 0.370 e. The van der Waals surface area contributed by atoms with Gasteiger partial charge in [0, 0.05) is 57.3 Å². The second-order valence-corrected chi connectivity index (χ2v) is 6.26. The van der Waals surface area contributed by atoms with Crippen LogP contribution < -0.4 is 15.5 Å². The summed E-state index contributed by atoms with van der Waals surface area (Å²) in [5.41, 5.74) is 2.57. The third-order valence-corrected chi connectivity index (χ3v) is 4.17. The molecule has 0 aliphatic heterocycles. The van der Waals surface area contributed by atoms with Crippen LogP contribution in [0.4, 0.5) is 5.69 Å². The average Bonchev–Trinajstić information content (AvgIpc) is 3.15. The number of aromatic nitrogens is 2. The number of guanidine groups is 1. The van der Waals surface area contributed by atoms with E-state index in [1.165, 1.54) is 11.3 Å². The smallest absolute Gasteiger partial charge is 0.191 e. The molecule has 0 radical (unpaired) electrons. The van der Waals surface area contributed by atoms with Crippen molar-refractivity contribution in [3.05, 3.63) is 48.5 Å². The fraction of sp³-hybridized carbons (Fsp3) is 0.500. The molecule has 1 aromatic heterocycles. The average molecular weight is 484 g/mol. The van der Waals surface area contributed by atoms with Crippen LogP contribution in [0.1, 0.15) is 25.8 Å². The Morgan fingerprint density at radius 2 is 2.11 bits per heavy atom. The zero-order valence-electron chi connectivity index (χ0n) is 16.7. The highest BCUT2D eigenvalue weighted by atomic mass is 127. The molecule has 0 saturated heterocycles. The highest BCUT2D eigenvalue weighted by molar-refractivity contribution is 14.0. The third-order valence-electron chi connectivity index (χ3n) is 4.17. The minimum atomic E-state index is 0. The summed E-state index contributed by atoms with van der Waals surface area (Å²) in [5, 5.41) is 6.76. The lowest BCUT2D eigenvalue weighted by Gasteiger charge is -2.24. The van der Waals surface area contributed by atoms with Crippen molar-refractivity contribution in [1.82, 2.24) is 20.2 Å². The van der Waals surface area contributed by atoms with Gasteiger partial charge in [0.15, 0.2) is 5.96 Å². The predicted octanol–water partition coefficient (Wildman–Crippen LogP) is 3.28. The van der Waals surface area contributed by atoms with E-state index in [0.717, 1.165) is 51.6 Å². The van der Waals surface area contributed by atoms with Crippen molar-refractivity contribution in [3.63, 3.8) is 0 Å². The molecule has 0 aliphatic carbocycles. The molecule has 150 valence electrons. The Hall–Kier alpha value is -1.77. The lowest BCUT2D eigenvalue weighted by Crippen LogP contribution is -2.41. The normalized spacial score (nSPS) is 11.0. The van der Waals surface area contributed by atoms with Gasteiger partial charge in [0.2, 0.25) is 0 Å². The Bertz CT molecular complexity index is 656. The van der Waals surface area contributed by atoms with Gasteiger partial charge in [-0.1, -0.05) is 12.1 Å². The Morgan fingerprint density at radius 1 is 1.26 bits per heavy atom. The molecule has 0 saturated carbocycles. The molecule has 0 aliphatic rings. The fourth-order valence-electron chi connectivity index (χ4n) is 2.81. The topological polar surface area (TPSA) is 57.5 Å². The van der Waals surface area contributed by atoms with Crippen LogP contribution in [-0.2, 0) is 6.54 Å². The summed E-state index contributed by atoms with van der Waals surface area (Å²) in [5.74, 6) is 0.887. The van der Waals surface area contributed by atoms with E-state index in [1.807, 2.05) is 18.7 Å². The van der Waals surface area contributed by atoms with Gasteiger partial charge in [0.25, 0.3) is 0 Å². The molecule has 2 rings (SSSR count). The van der Waals surface area contributed by atoms with Gasteiger partial charge in [-0.15, -0.1) is 24.0 Å². The number of imidazole rings is 1. The maximum Gasteiger partial charge on any atom is 0.191 e. The van der Waals surface area contributed by atoms with Crippen LogP contribution in [0.3, 0.4) is 0 Å². The number of anilines is 1. The first kappa shape index (κ1) is 23.3. The highest BCUT2D eigenvalue weighted by Gasteiger charge is 2.05. The van der Waals surface area contributed by atoms with E-state index in [4.69, 9.17) is 0 Å². The second-order valence-electron chi connectivity index (χ2n) is 6.26. The molecule has 1 aromatic carbocycles. The first-order valence-corrected chi connectivity index (χ1v) is 9.52. The minimum Gasteiger partial charge on any atom is -0.370 e. The van der Waals surface area contributed by atoms with Crippen LogP contribution in [0.15, 0.2) is 48.0 Å². The summed E-state index contributed by atoms with van der Waals surface area (Å²) < 4.78 is 2.08. The van der Waals surface area contributed by atoms with Gasteiger partial charge < -0.3 is 20.1 Å². The molecule has 2 aromatic rings. The molecule has 27 heavy (non-hydrogen) atoms. The number of aliphatic imine (C=N–C) groups is 1. The molecule has 0 fully saturated rings. The van der Waals surface area contributed by atoms with E-state index < -0.39 is 0 Å². The summed E-state index contributed by atoms with van der Waals surface area (Å²) >= 11 is 0. The lowest BCUT2D eigenvalue weighted by molar-refractivity contribution is 0.646. The number of rotatable bonds is 10. The van der Waals surface area contributed by atoms with Crippen LogP contribution in [-0.4, -0.2) is 48.2 Å². The molecular formula is C20H33IN6. The van der Waals surface area contributed by atoms with Crippen LogP contribution in [0.5, 0.6) is 0 Å². The Labute approximate surface area is 180 Å². The van der Waals surface area contributed by atoms with Crippen molar-refractivity contribution in [1.29, 1.82) is 0 Å². The standard InChI is InChI=1S/C20H32N6.HI/c1-4-22-20(23-10-7-13-25-14-11-21-17-25)24-12-15-26(5-2)19-9-6-8-18(3)16-19;/h6,8-9,11,14,16-17H,4-5,7,10,12-13,15H2,1-3H3,(H2,22,23,24);1H. The molecule has 0 atom stereocenters. The van der Waals surface area contributed by atoms with Crippen molar-refractivity contribution in [2.75, 3.05) is 37.6 Å². The van der Waals surface area contributed by atoms with E-state index in [2.05, 4.69) is 75.1 Å². The summed E-state index contributed by atoms with van der Waals surface area (Å²) in [6.45, 7) is 11.8. The third kappa shape index (κ3) is 8.64. The van der Waals surface area contributed by atoms with Gasteiger partial charge >= 0.3 is 0 Å². The summed E-state index contributed by atoms with van der Waals surface area (Å²) in [6.07, 6.45) is 6.63. The first-order chi connectivity index (χ1) is 12.7. The van der Waals surface area contributed by atoms with Crippen molar-refractivity contribution >= 4 is 35.6 Å². The van der Waals surface area contributed by atoms with E-state index in [-0.39, 0.29) is 24.0 Å². The predicted molar refractivity (Wildman–Crippen MR) is 125 cm³/mol. The Morgan fingerprint density at radius 3 is 2.78 bits per heavy atom. The number of likely N-dealkylation sites (N-methyl/N-ethyl adjacent to an activating group) is 1. The number of nitrogens with zero attached hydrogens (tertiary/aromatic N) is 4. The Kier molecular flexibility index (Phi) is 11.6. The van der Waals surface area contributed by atoms with Gasteiger partial charge in [0.05, 0.1) is 6.33 Å². The molecule has 6 nitrogen and oxygen atoms in total. The maximum absolute atomic E-state index is 4.66. The number of hydrogen-bond acceptors (Lipinski definition) is 3. The van der Waals surface area contributed by atoms with Crippen molar-refractivity contribution in [2.45, 2.75) is 33.7 Å². The SMILES string of the molecule is CCNC(=NCCCn1ccnc1)NCCN(CC)c1cccc(C)c1.I. The van der Waals surface area contributed by atoms with Crippen LogP contribution in [0.25, 0.3) is 0 Å². The number of halogens is 1. The number of benzene rings is 1. The molecule has 0 spiro atoms. The summed E-state index contributed by atoms with van der Waals surface area (Å²) in [7, 11) is 0. The lowest BCUT2D eigenvalue weighted by atomic mass is 10.2. The fourth-order valence-corrected chi connectivity index (χ4v) is 2.81. The van der Waals surface area contributed by atoms with Crippen LogP contribution in [0.2, 0.25) is 0 Å². The molecule has 0 unspecified atom stereocenters. The van der Waals surface area contributed by atoms with Gasteiger partial charge in [0.1, 0.15) is 0 Å². The highest BCUT2D eigenvalue weighted by Crippen LogP contribution is 2.14. The second kappa shape index (κ2) is 13.4. The van der Waals surface area contributed by atoms with E-state index >= 15 is 0 Å². The molecule has 0 amide bonds. The molecule has 7 heteroatoms. The number of hydrogen-bond donors (Lipinski definition) is 2. The molecule has 2 N–H and O–H groups in total. The quantitative estimate of drug-likeness (QED) is 0.235. The van der Waals surface area contributed by atoms with Crippen molar-refractivity contribution < 1.29 is 0 Å². The first-order valence-electron chi connectivity index (χ1n) is 9.52. The molecule has 1 heterocycles. The van der Waals surface area contributed by atoms with E-state index in [1.54, 1.807) is 0 Å². The zero-order valence-corrected chi connectivity index (χ0v) is 19.0. The minimum absolute atomic E-state index is 0. The molecular weight excluding hydrogens is 451 g/mol. The number of aryl methyl sites for hydroxylation is 2. The van der Waals surface area contributed by atoms with E-state index in [9.17, 15) is 0 Å².